The van der Waals surface area contributed by atoms with Crippen molar-refractivity contribution in [1.82, 2.24) is 0 Å². The molecule has 1 heterocycles. The summed E-state index contributed by atoms with van der Waals surface area (Å²) in [5.74, 6) is 0. The first-order valence-electron chi connectivity index (χ1n) is 21.9. The highest BCUT2D eigenvalue weighted by Crippen LogP contribution is 2.53. The van der Waals surface area contributed by atoms with Gasteiger partial charge < -0.3 is 4.90 Å². The van der Waals surface area contributed by atoms with Crippen LogP contribution in [0.5, 0.6) is 0 Å². The van der Waals surface area contributed by atoms with Gasteiger partial charge in [0.05, 0.1) is 16.1 Å². The third-order valence-corrected chi connectivity index (χ3v) is 13.9. The lowest BCUT2D eigenvalue weighted by molar-refractivity contribution is 1.32. The van der Waals surface area contributed by atoms with Gasteiger partial charge in [0, 0.05) is 32.1 Å². The average molecular weight is 832 g/mol. The van der Waals surface area contributed by atoms with E-state index >= 15 is 0 Å². The number of hydrogen-bond donors (Lipinski definition) is 0. The smallest absolute Gasteiger partial charge is 0.0640 e. The molecule has 64 heavy (non-hydrogen) atoms. The number of benzene rings is 11. The van der Waals surface area contributed by atoms with Crippen LogP contribution in [-0.2, 0) is 0 Å². The van der Waals surface area contributed by atoms with Crippen molar-refractivity contribution >= 4 is 70.1 Å². The van der Waals surface area contributed by atoms with Crippen molar-refractivity contribution in [3.63, 3.8) is 0 Å². The Balaban J connectivity index is 1.08. The highest BCUT2D eigenvalue weighted by molar-refractivity contribution is 7.26. The first kappa shape index (κ1) is 37.7. The molecule has 0 saturated carbocycles. The first-order chi connectivity index (χ1) is 31.8. The molecule has 2 heteroatoms. The standard InChI is InChI=1S/C62H41NS/c1-3-18-44(19-4-1)48-22-7-8-23-49(48)46-36-34-42(35-37-46)43-38-40-47(41-39-43)63(58-32-17-31-57-53-27-15-16-33-59(53)64-62(57)58)61-56-30-14-11-26-52(56)51-25-10-13-29-55(51)60(61)54-28-12-9-24-50(54)45-20-5-2-6-21-45/h1-41H. The summed E-state index contributed by atoms with van der Waals surface area (Å²) in [6.45, 7) is 0. The largest absolute Gasteiger partial charge is 0.308 e. The molecule has 0 bridgehead atoms. The van der Waals surface area contributed by atoms with Gasteiger partial charge in [0.1, 0.15) is 0 Å². The fourth-order valence-corrected chi connectivity index (χ4v) is 11.0. The van der Waals surface area contributed by atoms with E-state index in [-0.39, 0.29) is 0 Å². The molecule has 1 aromatic heterocycles. The number of hydrogen-bond acceptors (Lipinski definition) is 2. The fraction of sp³-hybridized carbons (Fsp3) is 0. The van der Waals surface area contributed by atoms with Crippen LogP contribution < -0.4 is 4.90 Å². The maximum Gasteiger partial charge on any atom is 0.0640 e. The van der Waals surface area contributed by atoms with Gasteiger partial charge in [-0.1, -0.05) is 224 Å². The van der Waals surface area contributed by atoms with E-state index in [4.69, 9.17) is 0 Å². The van der Waals surface area contributed by atoms with Crippen molar-refractivity contribution in [2.75, 3.05) is 4.90 Å². The zero-order chi connectivity index (χ0) is 42.4. The summed E-state index contributed by atoms with van der Waals surface area (Å²) in [4.78, 5) is 2.55. The van der Waals surface area contributed by atoms with Crippen LogP contribution in [0.4, 0.5) is 17.1 Å². The van der Waals surface area contributed by atoms with Crippen LogP contribution in [-0.4, -0.2) is 0 Å². The minimum absolute atomic E-state index is 1.10. The van der Waals surface area contributed by atoms with Crippen LogP contribution >= 0.6 is 11.3 Å². The van der Waals surface area contributed by atoms with Crippen LogP contribution in [0.15, 0.2) is 249 Å². The molecule has 0 radical (unpaired) electrons. The molecular formula is C62H41NS. The maximum atomic E-state index is 2.55. The summed E-state index contributed by atoms with van der Waals surface area (Å²) in [7, 11) is 0. The molecule has 0 N–H and O–H groups in total. The second kappa shape index (κ2) is 16.0. The second-order valence-corrected chi connectivity index (χ2v) is 17.4. The normalized spacial score (nSPS) is 11.4. The average Bonchev–Trinajstić information content (AvgIpc) is 3.77. The molecule has 0 unspecified atom stereocenters. The SMILES string of the molecule is c1ccc(-c2ccccc2-c2ccc(-c3ccc(N(c4c(-c5ccccc5-c5ccccc5)c5ccccc5c5ccccc45)c4cccc5c4sc4ccccc45)cc3)cc2)cc1. The van der Waals surface area contributed by atoms with Gasteiger partial charge in [-0.25, -0.2) is 0 Å². The summed E-state index contributed by atoms with van der Waals surface area (Å²) in [5.41, 5.74) is 15.5. The van der Waals surface area contributed by atoms with E-state index in [1.807, 2.05) is 11.3 Å². The predicted molar refractivity (Wildman–Crippen MR) is 276 cm³/mol. The van der Waals surface area contributed by atoms with Crippen molar-refractivity contribution in [2.24, 2.45) is 0 Å². The number of nitrogens with zero attached hydrogens (tertiary/aromatic N) is 1. The topological polar surface area (TPSA) is 3.24 Å². The Morgan fingerprint density at radius 3 is 1.31 bits per heavy atom. The van der Waals surface area contributed by atoms with Crippen molar-refractivity contribution in [3.8, 4) is 55.6 Å². The maximum absolute atomic E-state index is 2.55. The van der Waals surface area contributed by atoms with E-state index in [1.165, 1.54) is 97.4 Å². The van der Waals surface area contributed by atoms with Crippen molar-refractivity contribution in [1.29, 1.82) is 0 Å². The lowest BCUT2D eigenvalue weighted by Crippen LogP contribution is -2.12. The van der Waals surface area contributed by atoms with Gasteiger partial charge in [-0.3, -0.25) is 0 Å². The van der Waals surface area contributed by atoms with E-state index in [2.05, 4.69) is 254 Å². The van der Waals surface area contributed by atoms with Crippen molar-refractivity contribution < 1.29 is 0 Å². The molecule has 12 rings (SSSR count). The summed E-state index contributed by atoms with van der Waals surface area (Å²) in [6.07, 6.45) is 0. The quantitative estimate of drug-likeness (QED) is 0.138. The van der Waals surface area contributed by atoms with E-state index < -0.39 is 0 Å². The van der Waals surface area contributed by atoms with Gasteiger partial charge >= 0.3 is 0 Å². The molecule has 0 aliphatic heterocycles. The van der Waals surface area contributed by atoms with E-state index in [0.29, 0.717) is 0 Å². The summed E-state index contributed by atoms with van der Waals surface area (Å²) in [6, 6.07) is 90.9. The molecule has 1 nitrogen and oxygen atoms in total. The molecule has 0 saturated heterocycles. The second-order valence-electron chi connectivity index (χ2n) is 16.3. The lowest BCUT2D eigenvalue weighted by Gasteiger charge is -2.31. The molecule has 12 aromatic rings. The molecule has 0 aliphatic rings. The van der Waals surface area contributed by atoms with Gasteiger partial charge in [0.15, 0.2) is 0 Å². The van der Waals surface area contributed by atoms with Gasteiger partial charge in [0.25, 0.3) is 0 Å². The van der Waals surface area contributed by atoms with Crippen LogP contribution in [0.3, 0.4) is 0 Å². The minimum atomic E-state index is 1.10. The summed E-state index contributed by atoms with van der Waals surface area (Å²) >= 11 is 1.87. The van der Waals surface area contributed by atoms with Crippen molar-refractivity contribution in [3.05, 3.63) is 249 Å². The third kappa shape index (κ3) is 6.47. The molecule has 11 aromatic carbocycles. The highest BCUT2D eigenvalue weighted by Gasteiger charge is 2.27. The molecular weight excluding hydrogens is 791 g/mol. The monoisotopic (exact) mass is 831 g/mol. The zero-order valence-electron chi connectivity index (χ0n) is 35.0. The van der Waals surface area contributed by atoms with Crippen LogP contribution in [0.25, 0.3) is 97.4 Å². The molecule has 0 aliphatic carbocycles. The molecule has 0 atom stereocenters. The first-order valence-corrected chi connectivity index (χ1v) is 22.7. The Labute approximate surface area is 377 Å². The fourth-order valence-electron chi connectivity index (χ4n) is 9.74. The highest BCUT2D eigenvalue weighted by atomic mass is 32.1. The number of fused-ring (bicyclic) bond motifs is 6. The van der Waals surface area contributed by atoms with E-state index in [1.54, 1.807) is 0 Å². The van der Waals surface area contributed by atoms with E-state index in [9.17, 15) is 0 Å². The Kier molecular flexibility index (Phi) is 9.43. The Bertz CT molecular complexity index is 3640. The third-order valence-electron chi connectivity index (χ3n) is 12.7. The molecule has 0 amide bonds. The van der Waals surface area contributed by atoms with Crippen molar-refractivity contribution in [2.45, 2.75) is 0 Å². The van der Waals surface area contributed by atoms with Gasteiger partial charge in [-0.15, -0.1) is 11.3 Å². The summed E-state index contributed by atoms with van der Waals surface area (Å²) in [5, 5.41) is 7.45. The number of rotatable bonds is 8. The predicted octanol–water partition coefficient (Wildman–Crippen LogP) is 18.2. The zero-order valence-corrected chi connectivity index (χ0v) is 35.8. The number of anilines is 3. The van der Waals surface area contributed by atoms with Crippen LogP contribution in [0.2, 0.25) is 0 Å². The van der Waals surface area contributed by atoms with Gasteiger partial charge in [-0.2, -0.15) is 0 Å². The molecule has 0 spiro atoms. The van der Waals surface area contributed by atoms with Crippen LogP contribution in [0, 0.1) is 0 Å². The van der Waals surface area contributed by atoms with E-state index in [0.717, 1.165) is 17.1 Å². The molecule has 0 fully saturated rings. The summed E-state index contributed by atoms with van der Waals surface area (Å²) < 4.78 is 2.55. The number of thiophene rings is 1. The lowest BCUT2D eigenvalue weighted by atomic mass is 9.86. The Morgan fingerprint density at radius 2 is 0.688 bits per heavy atom. The minimum Gasteiger partial charge on any atom is -0.308 e. The molecule has 300 valence electrons. The Hall–Kier alpha value is -8.04. The Morgan fingerprint density at radius 1 is 0.266 bits per heavy atom. The van der Waals surface area contributed by atoms with Crippen LogP contribution in [0.1, 0.15) is 0 Å². The van der Waals surface area contributed by atoms with Gasteiger partial charge in [0.2, 0.25) is 0 Å². The van der Waals surface area contributed by atoms with Gasteiger partial charge in [-0.05, 0) is 90.5 Å².